The van der Waals surface area contributed by atoms with Crippen LogP contribution < -0.4 is 5.73 Å². The van der Waals surface area contributed by atoms with Gasteiger partial charge in [0.15, 0.2) is 0 Å². The number of aromatic amines is 1. The van der Waals surface area contributed by atoms with Crippen LogP contribution >= 0.6 is 0 Å². The van der Waals surface area contributed by atoms with Crippen molar-refractivity contribution in [2.75, 3.05) is 0 Å². The Morgan fingerprint density at radius 1 is 1.47 bits per heavy atom. The first-order valence-electron chi connectivity index (χ1n) is 4.38. The van der Waals surface area contributed by atoms with Crippen molar-refractivity contribution in [3.63, 3.8) is 0 Å². The molecule has 0 fully saturated rings. The molecule has 5 N–H and O–H groups in total. The lowest BCUT2D eigenvalue weighted by atomic mass is 10.0. The predicted octanol–water partition coefficient (Wildman–Crippen LogP) is 0.958. The first-order chi connectivity index (χ1) is 7.09. The van der Waals surface area contributed by atoms with Gasteiger partial charge in [-0.3, -0.25) is 4.79 Å². The molecule has 0 bridgehead atoms. The minimum Gasteiger partial charge on any atom is -0.508 e. The molecule has 0 aliphatic rings. The van der Waals surface area contributed by atoms with Crippen LogP contribution in [0.15, 0.2) is 24.4 Å². The third-order valence-electron chi connectivity index (χ3n) is 2.30. The summed E-state index contributed by atoms with van der Waals surface area (Å²) >= 11 is 0. The van der Waals surface area contributed by atoms with Crippen LogP contribution in [0, 0.1) is 0 Å². The molecule has 5 nitrogen and oxygen atoms in total. The maximum absolute atomic E-state index is 10.7. The fraction of sp³-hybridized carbons (Fsp3) is 0.100. The number of rotatable bonds is 2. The van der Waals surface area contributed by atoms with E-state index in [2.05, 4.69) is 4.98 Å². The highest BCUT2D eigenvalue weighted by molar-refractivity contribution is 5.85. The third-order valence-corrected chi connectivity index (χ3v) is 2.30. The molecule has 0 spiro atoms. The van der Waals surface area contributed by atoms with Gasteiger partial charge < -0.3 is 20.9 Å². The smallest absolute Gasteiger partial charge is 0.325 e. The van der Waals surface area contributed by atoms with E-state index < -0.39 is 12.0 Å². The first-order valence-corrected chi connectivity index (χ1v) is 4.38. The second-order valence-electron chi connectivity index (χ2n) is 3.29. The number of nitrogens with two attached hydrogens (primary N) is 1. The molecular weight excluding hydrogens is 196 g/mol. The highest BCUT2D eigenvalue weighted by atomic mass is 16.4. The zero-order chi connectivity index (χ0) is 11.0. The maximum Gasteiger partial charge on any atom is 0.325 e. The van der Waals surface area contributed by atoms with Gasteiger partial charge in [0.2, 0.25) is 0 Å². The standard InChI is InChI=1S/C10H10N2O3/c11-9(10(14)15)6-4-7-5(1-2-12-7)3-8(6)13/h1-4,9,12-13H,11H2,(H,14,15)/t9-/m0/s1. The molecule has 1 heterocycles. The van der Waals surface area contributed by atoms with E-state index in [0.29, 0.717) is 0 Å². The summed E-state index contributed by atoms with van der Waals surface area (Å²) in [5.41, 5.74) is 6.38. The van der Waals surface area contributed by atoms with E-state index in [0.717, 1.165) is 10.9 Å². The highest BCUT2D eigenvalue weighted by Crippen LogP contribution is 2.28. The number of carboxylic acid groups (broad SMARTS) is 1. The van der Waals surface area contributed by atoms with Gasteiger partial charge in [-0.05, 0) is 18.2 Å². The fourth-order valence-corrected chi connectivity index (χ4v) is 1.49. The molecule has 2 aromatic rings. The number of hydrogen-bond donors (Lipinski definition) is 4. The molecule has 0 saturated carbocycles. The number of H-pyrrole nitrogens is 1. The molecule has 15 heavy (non-hydrogen) atoms. The number of aliphatic carboxylic acids is 1. The summed E-state index contributed by atoms with van der Waals surface area (Å²) in [6.45, 7) is 0. The van der Waals surface area contributed by atoms with Gasteiger partial charge >= 0.3 is 5.97 Å². The Hall–Kier alpha value is -2.01. The minimum atomic E-state index is -1.21. The van der Waals surface area contributed by atoms with Crippen molar-refractivity contribution in [2.45, 2.75) is 6.04 Å². The Morgan fingerprint density at radius 3 is 2.87 bits per heavy atom. The van der Waals surface area contributed by atoms with Crippen molar-refractivity contribution in [3.8, 4) is 5.75 Å². The van der Waals surface area contributed by atoms with Gasteiger partial charge in [0.05, 0.1) is 0 Å². The number of carboxylic acids is 1. The van der Waals surface area contributed by atoms with E-state index in [1.807, 2.05) is 0 Å². The van der Waals surface area contributed by atoms with E-state index >= 15 is 0 Å². The van der Waals surface area contributed by atoms with E-state index in [1.165, 1.54) is 6.07 Å². The number of carbonyl (C=O) groups is 1. The summed E-state index contributed by atoms with van der Waals surface area (Å²) in [6.07, 6.45) is 1.71. The van der Waals surface area contributed by atoms with E-state index in [4.69, 9.17) is 10.8 Å². The summed E-state index contributed by atoms with van der Waals surface area (Å²) in [4.78, 5) is 13.6. The van der Waals surface area contributed by atoms with Crippen molar-refractivity contribution < 1.29 is 15.0 Å². The lowest BCUT2D eigenvalue weighted by molar-refractivity contribution is -0.138. The Bertz CT molecular complexity index is 518. The number of benzene rings is 1. The average molecular weight is 206 g/mol. The second kappa shape index (κ2) is 3.29. The van der Waals surface area contributed by atoms with Crippen LogP contribution in [0.3, 0.4) is 0 Å². The first kappa shape index (κ1) is 9.54. The Kier molecular flexibility index (Phi) is 2.09. The van der Waals surface area contributed by atoms with Crippen LogP contribution in [-0.4, -0.2) is 21.2 Å². The molecule has 1 atom stereocenters. The van der Waals surface area contributed by atoms with Crippen LogP contribution in [0.25, 0.3) is 10.9 Å². The van der Waals surface area contributed by atoms with Gasteiger partial charge in [-0.15, -0.1) is 0 Å². The van der Waals surface area contributed by atoms with Gasteiger partial charge in [-0.2, -0.15) is 0 Å². The van der Waals surface area contributed by atoms with E-state index in [-0.39, 0.29) is 11.3 Å². The van der Waals surface area contributed by atoms with Crippen LogP contribution in [-0.2, 0) is 4.79 Å². The topological polar surface area (TPSA) is 99.3 Å². The second-order valence-corrected chi connectivity index (χ2v) is 3.29. The molecule has 0 saturated heterocycles. The molecule has 78 valence electrons. The van der Waals surface area contributed by atoms with Gasteiger partial charge in [-0.1, -0.05) is 0 Å². The van der Waals surface area contributed by atoms with E-state index in [9.17, 15) is 9.90 Å². The fourth-order valence-electron chi connectivity index (χ4n) is 1.49. The number of nitrogens with one attached hydrogen (secondary N) is 1. The largest absolute Gasteiger partial charge is 0.508 e. The molecule has 5 heteroatoms. The van der Waals surface area contributed by atoms with Gasteiger partial charge in [0, 0.05) is 22.7 Å². The molecule has 0 radical (unpaired) electrons. The Balaban J connectivity index is 2.59. The lowest BCUT2D eigenvalue weighted by Gasteiger charge is -2.09. The molecule has 0 aliphatic heterocycles. The van der Waals surface area contributed by atoms with Crippen molar-refractivity contribution in [2.24, 2.45) is 5.73 Å². The monoisotopic (exact) mass is 206 g/mol. The van der Waals surface area contributed by atoms with Crippen molar-refractivity contribution in [1.82, 2.24) is 4.98 Å². The van der Waals surface area contributed by atoms with E-state index in [1.54, 1.807) is 18.3 Å². The zero-order valence-corrected chi connectivity index (χ0v) is 7.77. The minimum absolute atomic E-state index is 0.1000. The van der Waals surface area contributed by atoms with Gasteiger partial charge in [0.25, 0.3) is 0 Å². The number of hydrogen-bond acceptors (Lipinski definition) is 3. The Labute approximate surface area is 85.1 Å². The average Bonchev–Trinajstić information content (AvgIpc) is 2.62. The number of fused-ring (bicyclic) bond motifs is 1. The van der Waals surface area contributed by atoms with Crippen molar-refractivity contribution in [1.29, 1.82) is 0 Å². The van der Waals surface area contributed by atoms with Crippen molar-refractivity contribution >= 4 is 16.9 Å². The third kappa shape index (κ3) is 1.53. The molecule has 2 rings (SSSR count). The summed E-state index contributed by atoms with van der Waals surface area (Å²) in [5, 5.41) is 19.1. The quantitative estimate of drug-likeness (QED) is 0.588. The zero-order valence-electron chi connectivity index (χ0n) is 7.77. The summed E-state index contributed by atoms with van der Waals surface area (Å²) in [5.74, 6) is -1.27. The van der Waals surface area contributed by atoms with Crippen LogP contribution in [0.4, 0.5) is 0 Å². The number of aromatic nitrogens is 1. The molecule has 1 aromatic carbocycles. The molecule has 0 amide bonds. The number of phenols is 1. The van der Waals surface area contributed by atoms with Gasteiger partial charge in [-0.25, -0.2) is 0 Å². The summed E-state index contributed by atoms with van der Waals surface area (Å²) < 4.78 is 0. The summed E-state index contributed by atoms with van der Waals surface area (Å²) in [7, 11) is 0. The predicted molar refractivity (Wildman–Crippen MR) is 54.5 cm³/mol. The molecule has 0 aliphatic carbocycles. The maximum atomic E-state index is 10.7. The number of phenolic OH excluding ortho intramolecular Hbond substituents is 1. The molecule has 1 aromatic heterocycles. The van der Waals surface area contributed by atoms with Crippen LogP contribution in [0.2, 0.25) is 0 Å². The molecular formula is C10H10N2O3. The summed E-state index contributed by atoms with van der Waals surface area (Å²) in [6, 6.07) is 3.61. The Morgan fingerprint density at radius 2 is 2.20 bits per heavy atom. The lowest BCUT2D eigenvalue weighted by Crippen LogP contribution is -2.20. The van der Waals surface area contributed by atoms with Crippen LogP contribution in [0.1, 0.15) is 11.6 Å². The number of aromatic hydroxyl groups is 1. The normalized spacial score (nSPS) is 12.9. The van der Waals surface area contributed by atoms with Crippen molar-refractivity contribution in [3.05, 3.63) is 30.0 Å². The van der Waals surface area contributed by atoms with Crippen LogP contribution in [0.5, 0.6) is 5.75 Å². The molecule has 0 unspecified atom stereocenters. The highest BCUT2D eigenvalue weighted by Gasteiger charge is 2.18. The van der Waals surface area contributed by atoms with Gasteiger partial charge in [0.1, 0.15) is 11.8 Å². The SMILES string of the molecule is N[C@H](C(=O)O)c1cc2[nH]ccc2cc1O.